The number of alkyl halides is 1. The SMILES string of the molecule is C[C@@H](F)c1nc[nH]c(=O)c1Cl. The summed E-state index contributed by atoms with van der Waals surface area (Å²) in [6.07, 6.45) is -0.190. The Kier molecular flexibility index (Phi) is 2.24. The van der Waals surface area contributed by atoms with Crippen molar-refractivity contribution in [3.05, 3.63) is 27.4 Å². The number of hydrogen-bond donors (Lipinski definition) is 1. The van der Waals surface area contributed by atoms with E-state index in [1.807, 2.05) is 0 Å². The van der Waals surface area contributed by atoms with Crippen LogP contribution < -0.4 is 5.56 Å². The van der Waals surface area contributed by atoms with Gasteiger partial charge >= 0.3 is 0 Å². The van der Waals surface area contributed by atoms with Crippen LogP contribution in [0.15, 0.2) is 11.1 Å². The average Bonchev–Trinajstić information content (AvgIpc) is 1.94. The molecule has 1 rings (SSSR count). The molecule has 0 saturated heterocycles. The van der Waals surface area contributed by atoms with Gasteiger partial charge in [0.05, 0.1) is 6.33 Å². The second kappa shape index (κ2) is 3.00. The van der Waals surface area contributed by atoms with Gasteiger partial charge in [0.1, 0.15) is 16.9 Å². The number of H-pyrrole nitrogens is 1. The molecule has 0 aliphatic carbocycles. The quantitative estimate of drug-likeness (QED) is 0.704. The van der Waals surface area contributed by atoms with Gasteiger partial charge in [0.2, 0.25) is 0 Å². The predicted octanol–water partition coefficient (Wildman–Crippen LogP) is 1.45. The molecule has 0 spiro atoms. The summed E-state index contributed by atoms with van der Waals surface area (Å²) in [5.41, 5.74) is -0.531. The molecule has 1 aromatic heterocycles. The lowest BCUT2D eigenvalue weighted by atomic mass is 10.3. The van der Waals surface area contributed by atoms with Crippen molar-refractivity contribution in [3.8, 4) is 0 Å². The fourth-order valence-corrected chi connectivity index (χ4v) is 0.928. The number of nitrogens with one attached hydrogen (secondary N) is 1. The highest BCUT2D eigenvalue weighted by Gasteiger charge is 2.11. The topological polar surface area (TPSA) is 45.8 Å². The van der Waals surface area contributed by atoms with Gasteiger partial charge in [0.15, 0.2) is 0 Å². The third-order valence-electron chi connectivity index (χ3n) is 1.20. The van der Waals surface area contributed by atoms with Crippen molar-refractivity contribution in [2.24, 2.45) is 0 Å². The third-order valence-corrected chi connectivity index (χ3v) is 1.57. The summed E-state index contributed by atoms with van der Waals surface area (Å²) in [5, 5.41) is -0.178. The number of aromatic amines is 1. The Morgan fingerprint density at radius 3 is 2.91 bits per heavy atom. The lowest BCUT2D eigenvalue weighted by Gasteiger charge is -2.00. The molecule has 0 aliphatic heterocycles. The average molecular weight is 177 g/mol. The van der Waals surface area contributed by atoms with Crippen LogP contribution in [0.25, 0.3) is 0 Å². The van der Waals surface area contributed by atoms with Gasteiger partial charge in [-0.05, 0) is 6.92 Å². The first kappa shape index (κ1) is 8.20. The van der Waals surface area contributed by atoms with Crippen molar-refractivity contribution >= 4 is 11.6 Å². The smallest absolute Gasteiger partial charge is 0.269 e. The molecule has 0 fully saturated rings. The summed E-state index contributed by atoms with van der Waals surface area (Å²) in [4.78, 5) is 16.6. The minimum absolute atomic E-state index is 0.0181. The van der Waals surface area contributed by atoms with Crippen molar-refractivity contribution in [1.82, 2.24) is 9.97 Å². The maximum atomic E-state index is 12.6. The minimum atomic E-state index is -1.32. The van der Waals surface area contributed by atoms with E-state index in [1.165, 1.54) is 6.92 Å². The van der Waals surface area contributed by atoms with E-state index in [9.17, 15) is 9.18 Å². The van der Waals surface area contributed by atoms with Crippen molar-refractivity contribution < 1.29 is 4.39 Å². The van der Waals surface area contributed by atoms with E-state index in [-0.39, 0.29) is 10.7 Å². The van der Waals surface area contributed by atoms with Crippen LogP contribution in [0.2, 0.25) is 5.02 Å². The molecule has 1 N–H and O–H groups in total. The molecule has 0 aliphatic rings. The molecule has 3 nitrogen and oxygen atoms in total. The molecule has 0 bridgehead atoms. The molecule has 1 aromatic rings. The molecular formula is C6H6ClFN2O. The monoisotopic (exact) mass is 176 g/mol. The Labute approximate surface area is 67.2 Å². The van der Waals surface area contributed by atoms with Gasteiger partial charge in [0.25, 0.3) is 5.56 Å². The van der Waals surface area contributed by atoms with Crippen LogP contribution in [-0.2, 0) is 0 Å². The molecule has 5 heteroatoms. The number of nitrogens with zero attached hydrogens (tertiary/aromatic N) is 1. The Balaban J connectivity index is 3.28. The molecule has 1 heterocycles. The number of rotatable bonds is 1. The van der Waals surface area contributed by atoms with E-state index >= 15 is 0 Å². The number of hydrogen-bond acceptors (Lipinski definition) is 2. The molecule has 0 aromatic carbocycles. The first-order chi connectivity index (χ1) is 5.13. The van der Waals surface area contributed by atoms with Crippen molar-refractivity contribution in [2.45, 2.75) is 13.1 Å². The molecule has 0 saturated carbocycles. The minimum Gasteiger partial charge on any atom is -0.312 e. The van der Waals surface area contributed by atoms with E-state index in [4.69, 9.17) is 11.6 Å². The normalized spacial score (nSPS) is 13.0. The molecule has 0 unspecified atom stereocenters. The van der Waals surface area contributed by atoms with Crippen LogP contribution in [0, 0.1) is 0 Å². The second-order valence-electron chi connectivity index (χ2n) is 2.05. The fraction of sp³-hybridized carbons (Fsp3) is 0.333. The van der Waals surface area contributed by atoms with Crippen molar-refractivity contribution in [1.29, 1.82) is 0 Å². The molecule has 0 amide bonds. The van der Waals surface area contributed by atoms with Crippen LogP contribution in [0.3, 0.4) is 0 Å². The van der Waals surface area contributed by atoms with Crippen LogP contribution in [0.5, 0.6) is 0 Å². The first-order valence-corrected chi connectivity index (χ1v) is 3.38. The van der Waals surface area contributed by atoms with Gasteiger partial charge in [0, 0.05) is 0 Å². The van der Waals surface area contributed by atoms with Crippen LogP contribution in [-0.4, -0.2) is 9.97 Å². The van der Waals surface area contributed by atoms with Gasteiger partial charge in [-0.1, -0.05) is 11.6 Å². The highest BCUT2D eigenvalue weighted by Crippen LogP contribution is 2.18. The third kappa shape index (κ3) is 1.57. The Bertz CT molecular complexity index is 310. The van der Waals surface area contributed by atoms with Crippen LogP contribution >= 0.6 is 11.6 Å². The van der Waals surface area contributed by atoms with Crippen molar-refractivity contribution in [2.75, 3.05) is 0 Å². The van der Waals surface area contributed by atoms with Crippen LogP contribution in [0.4, 0.5) is 4.39 Å². The summed E-state index contributed by atoms with van der Waals surface area (Å²) in [5.74, 6) is 0. The molecular weight excluding hydrogens is 171 g/mol. The van der Waals surface area contributed by atoms with E-state index in [1.54, 1.807) is 0 Å². The highest BCUT2D eigenvalue weighted by atomic mass is 35.5. The maximum Gasteiger partial charge on any atom is 0.269 e. The maximum absolute atomic E-state index is 12.6. The Morgan fingerprint density at radius 2 is 2.45 bits per heavy atom. The highest BCUT2D eigenvalue weighted by molar-refractivity contribution is 6.31. The van der Waals surface area contributed by atoms with Gasteiger partial charge in [-0.3, -0.25) is 4.79 Å². The van der Waals surface area contributed by atoms with Gasteiger partial charge in [-0.15, -0.1) is 0 Å². The Morgan fingerprint density at radius 1 is 1.82 bits per heavy atom. The lowest BCUT2D eigenvalue weighted by molar-refractivity contribution is 0.365. The summed E-state index contributed by atoms with van der Waals surface area (Å²) in [6.45, 7) is 1.27. The summed E-state index contributed by atoms with van der Waals surface area (Å²) in [7, 11) is 0. The van der Waals surface area contributed by atoms with Gasteiger partial charge < -0.3 is 4.98 Å². The largest absolute Gasteiger partial charge is 0.312 e. The summed E-state index contributed by atoms with van der Waals surface area (Å²) < 4.78 is 12.6. The Hall–Kier alpha value is -0.900. The first-order valence-electron chi connectivity index (χ1n) is 3.00. The zero-order valence-corrected chi connectivity index (χ0v) is 6.52. The number of halogens is 2. The predicted molar refractivity (Wildman–Crippen MR) is 39.4 cm³/mol. The zero-order valence-electron chi connectivity index (χ0n) is 5.77. The van der Waals surface area contributed by atoms with E-state index in [0.29, 0.717) is 0 Å². The van der Waals surface area contributed by atoms with E-state index in [0.717, 1.165) is 6.33 Å². The lowest BCUT2D eigenvalue weighted by Crippen LogP contribution is -2.10. The molecule has 1 atom stereocenters. The van der Waals surface area contributed by atoms with Gasteiger partial charge in [-0.2, -0.15) is 0 Å². The molecule has 11 heavy (non-hydrogen) atoms. The van der Waals surface area contributed by atoms with E-state index < -0.39 is 11.7 Å². The van der Waals surface area contributed by atoms with Crippen LogP contribution in [0.1, 0.15) is 18.8 Å². The fourth-order valence-electron chi connectivity index (χ4n) is 0.674. The van der Waals surface area contributed by atoms with E-state index in [2.05, 4.69) is 9.97 Å². The second-order valence-corrected chi connectivity index (χ2v) is 2.42. The summed E-state index contributed by atoms with van der Waals surface area (Å²) >= 11 is 5.44. The molecule has 60 valence electrons. The molecule has 0 radical (unpaired) electrons. The summed E-state index contributed by atoms with van der Waals surface area (Å²) in [6, 6.07) is 0. The van der Waals surface area contributed by atoms with Crippen molar-refractivity contribution in [3.63, 3.8) is 0 Å². The zero-order chi connectivity index (χ0) is 8.43. The van der Waals surface area contributed by atoms with Gasteiger partial charge in [-0.25, -0.2) is 9.37 Å². The number of aromatic nitrogens is 2. The standard InChI is InChI=1S/C6H6ClFN2O/c1-3(8)5-4(7)6(11)10-2-9-5/h2-3H,1H3,(H,9,10,11)/t3-/m1/s1.